The van der Waals surface area contributed by atoms with Crippen molar-refractivity contribution in [3.63, 3.8) is 0 Å². The van der Waals surface area contributed by atoms with E-state index in [0.717, 1.165) is 28.7 Å². The Bertz CT molecular complexity index is 2090. The number of benzene rings is 4. The average molecular weight is 645 g/mol. The van der Waals surface area contributed by atoms with E-state index in [9.17, 15) is 20.4 Å². The van der Waals surface area contributed by atoms with E-state index in [4.69, 9.17) is 18.9 Å². The number of allylic oxidation sites excluding steroid dienone is 2. The van der Waals surface area contributed by atoms with Gasteiger partial charge < -0.3 is 39.4 Å². The summed E-state index contributed by atoms with van der Waals surface area (Å²) in [6.45, 7) is 6.06. The zero-order chi connectivity index (χ0) is 33.1. The average Bonchev–Trinajstić information content (AvgIpc) is 3.45. The molecule has 1 aliphatic carbocycles. The molecule has 0 saturated carbocycles. The van der Waals surface area contributed by atoms with E-state index in [1.165, 1.54) is 5.57 Å². The van der Waals surface area contributed by atoms with Gasteiger partial charge in [0.25, 0.3) is 5.79 Å². The van der Waals surface area contributed by atoms with Crippen LogP contribution in [0, 0.1) is 5.92 Å². The highest BCUT2D eigenvalue weighted by Gasteiger charge is 2.60. The maximum absolute atomic E-state index is 11.8. The molecule has 0 saturated heterocycles. The summed E-state index contributed by atoms with van der Waals surface area (Å²) in [5, 5.41) is 43.2. The summed E-state index contributed by atoms with van der Waals surface area (Å²) in [5.41, 5.74) is 5.43. The van der Waals surface area contributed by atoms with Crippen LogP contribution >= 0.6 is 0 Å². The van der Waals surface area contributed by atoms with Crippen LogP contribution in [0.4, 0.5) is 0 Å². The summed E-state index contributed by atoms with van der Waals surface area (Å²) in [6.07, 6.45) is 7.28. The lowest BCUT2D eigenvalue weighted by Gasteiger charge is -2.55. The van der Waals surface area contributed by atoms with Crippen molar-refractivity contribution in [3.8, 4) is 46.0 Å². The largest absolute Gasteiger partial charge is 0.508 e. The first-order chi connectivity index (χ1) is 23.0. The lowest BCUT2D eigenvalue weighted by atomic mass is 9.61. The van der Waals surface area contributed by atoms with E-state index >= 15 is 0 Å². The van der Waals surface area contributed by atoms with Crippen LogP contribution in [0.25, 0.3) is 6.08 Å². The Kier molecular flexibility index (Phi) is 5.96. The van der Waals surface area contributed by atoms with Crippen LogP contribution in [-0.2, 0) is 12.8 Å². The van der Waals surface area contributed by atoms with E-state index in [1.54, 1.807) is 36.4 Å². The van der Waals surface area contributed by atoms with Crippen molar-refractivity contribution in [3.05, 3.63) is 112 Å². The molecule has 0 amide bonds. The summed E-state index contributed by atoms with van der Waals surface area (Å²) >= 11 is 0. The molecule has 8 heteroatoms. The molecule has 0 radical (unpaired) electrons. The van der Waals surface area contributed by atoms with E-state index < -0.39 is 11.4 Å². The van der Waals surface area contributed by atoms with Crippen LogP contribution in [0.5, 0.6) is 46.0 Å². The van der Waals surface area contributed by atoms with Crippen LogP contribution in [0.3, 0.4) is 0 Å². The first kappa shape index (κ1) is 28.9. The van der Waals surface area contributed by atoms with Crippen molar-refractivity contribution in [1.29, 1.82) is 0 Å². The Hall–Kier alpha value is -5.24. The van der Waals surface area contributed by atoms with Gasteiger partial charge in [0.05, 0.1) is 17.9 Å². The van der Waals surface area contributed by atoms with Crippen molar-refractivity contribution < 1.29 is 39.4 Å². The number of aromatic hydroxyl groups is 4. The summed E-state index contributed by atoms with van der Waals surface area (Å²) in [6, 6.07) is 17.6. The Morgan fingerprint density at radius 1 is 0.792 bits per heavy atom. The maximum Gasteiger partial charge on any atom is 0.259 e. The Morgan fingerprint density at radius 3 is 2.40 bits per heavy atom. The molecule has 8 nitrogen and oxygen atoms in total. The SMILES string of the molecule is CC1=CC2c3c(O)cc(C4Cc5ccc(O)cc5O4)cc3OC3(Cc4ccc(O)c5c4OC(C)(C)C=C5)Oc4cc(O)ccc4C(C1)C23. The van der Waals surface area contributed by atoms with Crippen molar-refractivity contribution >= 4 is 6.08 Å². The first-order valence-electron chi connectivity index (χ1n) is 16.4. The molecule has 5 aliphatic rings. The van der Waals surface area contributed by atoms with Gasteiger partial charge in [0.15, 0.2) is 0 Å². The second-order valence-corrected chi connectivity index (χ2v) is 14.4. The lowest BCUT2D eigenvalue weighted by Crippen LogP contribution is -2.60. The molecule has 0 spiro atoms. The molecule has 0 aromatic heterocycles. The van der Waals surface area contributed by atoms with Gasteiger partial charge in [0, 0.05) is 47.1 Å². The first-order valence-corrected chi connectivity index (χ1v) is 16.4. The summed E-state index contributed by atoms with van der Waals surface area (Å²) in [4.78, 5) is 0. The fraction of sp³-hybridized carbons (Fsp3) is 0.300. The number of rotatable bonds is 3. The minimum atomic E-state index is -1.27. The monoisotopic (exact) mass is 644 g/mol. The third-order valence-electron chi connectivity index (χ3n) is 10.6. The van der Waals surface area contributed by atoms with Gasteiger partial charge in [-0.05, 0) is 80.8 Å². The van der Waals surface area contributed by atoms with Gasteiger partial charge in [-0.2, -0.15) is 0 Å². The molecule has 9 rings (SSSR count). The Balaban J connectivity index is 1.21. The minimum absolute atomic E-state index is 0.0258. The molecule has 4 heterocycles. The highest BCUT2D eigenvalue weighted by molar-refractivity contribution is 5.69. The van der Waals surface area contributed by atoms with E-state index in [2.05, 4.69) is 13.0 Å². The smallest absolute Gasteiger partial charge is 0.259 e. The molecule has 4 aliphatic heterocycles. The van der Waals surface area contributed by atoms with Crippen LogP contribution in [0.2, 0.25) is 0 Å². The molecule has 48 heavy (non-hydrogen) atoms. The number of phenols is 4. The summed E-state index contributed by atoms with van der Waals surface area (Å²) in [5.74, 6) is 0.940. The van der Waals surface area contributed by atoms with Gasteiger partial charge in [-0.15, -0.1) is 0 Å². The number of phenolic OH excluding ortho intramolecular Hbond substituents is 4. The molecule has 0 fully saturated rings. The standard InChI is InChI=1S/C40H36O8/c1-20-12-28-26-8-7-25(42)18-34(26)46-40(19-22-5-9-30(43)27-10-11-39(2,3)48-38(22)27)37(28)29(13-20)36-31(44)14-23(16-35(36)47-40)32-15-21-4-6-24(41)17-33(21)45-32/h4-11,13-14,16-18,28-29,32,37,41-44H,12,15,19H2,1-3H3. The molecule has 4 N–H and O–H groups in total. The van der Waals surface area contributed by atoms with Crippen LogP contribution < -0.4 is 18.9 Å². The molecule has 5 atom stereocenters. The lowest BCUT2D eigenvalue weighted by molar-refractivity contribution is -0.187. The third kappa shape index (κ3) is 4.35. The van der Waals surface area contributed by atoms with Gasteiger partial charge in [0.1, 0.15) is 57.7 Å². The van der Waals surface area contributed by atoms with Gasteiger partial charge in [-0.25, -0.2) is 0 Å². The summed E-state index contributed by atoms with van der Waals surface area (Å²) < 4.78 is 26.8. The molecule has 244 valence electrons. The minimum Gasteiger partial charge on any atom is -0.508 e. The number of fused-ring (bicyclic) bond motifs is 6. The van der Waals surface area contributed by atoms with Crippen LogP contribution in [0.15, 0.2) is 78.4 Å². The van der Waals surface area contributed by atoms with Gasteiger partial charge in [-0.3, -0.25) is 0 Å². The molecule has 0 bridgehead atoms. The normalized spacial score (nSPS) is 26.6. The fourth-order valence-electron chi connectivity index (χ4n) is 8.53. The predicted molar refractivity (Wildman–Crippen MR) is 178 cm³/mol. The highest BCUT2D eigenvalue weighted by atomic mass is 16.7. The molecular formula is C40H36O8. The molecular weight excluding hydrogens is 608 g/mol. The van der Waals surface area contributed by atoms with Crippen LogP contribution in [0.1, 0.15) is 78.5 Å². The number of ether oxygens (including phenoxy) is 4. The Morgan fingerprint density at radius 2 is 1.56 bits per heavy atom. The number of hydrogen-bond donors (Lipinski definition) is 4. The quantitative estimate of drug-likeness (QED) is 0.166. The number of hydrogen-bond acceptors (Lipinski definition) is 8. The van der Waals surface area contributed by atoms with Gasteiger partial charge in [-0.1, -0.05) is 29.8 Å². The second-order valence-electron chi connectivity index (χ2n) is 14.4. The van der Waals surface area contributed by atoms with E-state index in [-0.39, 0.29) is 53.3 Å². The van der Waals surface area contributed by atoms with E-state index in [1.807, 2.05) is 50.3 Å². The van der Waals surface area contributed by atoms with Crippen molar-refractivity contribution in [2.24, 2.45) is 5.92 Å². The van der Waals surface area contributed by atoms with Crippen molar-refractivity contribution in [1.82, 2.24) is 0 Å². The van der Waals surface area contributed by atoms with Gasteiger partial charge >= 0.3 is 0 Å². The molecule has 5 unspecified atom stereocenters. The fourth-order valence-corrected chi connectivity index (χ4v) is 8.53. The Labute approximate surface area is 278 Å². The molecule has 4 aromatic rings. The van der Waals surface area contributed by atoms with Gasteiger partial charge in [0.2, 0.25) is 0 Å². The zero-order valence-electron chi connectivity index (χ0n) is 26.9. The van der Waals surface area contributed by atoms with Crippen molar-refractivity contribution in [2.45, 2.75) is 69.4 Å². The van der Waals surface area contributed by atoms with E-state index in [0.29, 0.717) is 40.5 Å². The predicted octanol–water partition coefficient (Wildman–Crippen LogP) is 7.93. The topological polar surface area (TPSA) is 118 Å². The van der Waals surface area contributed by atoms with Crippen LogP contribution in [-0.4, -0.2) is 31.8 Å². The second kappa shape index (κ2) is 9.89. The summed E-state index contributed by atoms with van der Waals surface area (Å²) in [7, 11) is 0. The zero-order valence-corrected chi connectivity index (χ0v) is 26.9. The maximum atomic E-state index is 11.8. The third-order valence-corrected chi connectivity index (χ3v) is 10.6. The van der Waals surface area contributed by atoms with Crippen molar-refractivity contribution in [2.75, 3.05) is 0 Å². The highest BCUT2D eigenvalue weighted by Crippen LogP contribution is 2.63. The molecule has 4 aromatic carbocycles.